The summed E-state index contributed by atoms with van der Waals surface area (Å²) in [6.45, 7) is 4.74. The van der Waals surface area contributed by atoms with E-state index in [4.69, 9.17) is 10.5 Å². The third-order valence-electron chi connectivity index (χ3n) is 10.1. The molecule has 3 saturated heterocycles. The zero-order chi connectivity index (χ0) is 33.3. The summed E-state index contributed by atoms with van der Waals surface area (Å²) >= 11 is 3.13. The summed E-state index contributed by atoms with van der Waals surface area (Å²) in [5, 5.41) is 6.29. The summed E-state index contributed by atoms with van der Waals surface area (Å²) < 4.78 is 47.3. The molecule has 6 rings (SSSR count). The minimum Gasteiger partial charge on any atom is -0.436 e. The van der Waals surface area contributed by atoms with Crippen LogP contribution < -0.4 is 16.4 Å². The molecule has 254 valence electrons. The van der Waals surface area contributed by atoms with Crippen LogP contribution in [0.4, 0.5) is 29.3 Å². The molecule has 10 nitrogen and oxygen atoms in total. The van der Waals surface area contributed by atoms with Crippen LogP contribution >= 0.6 is 15.9 Å². The molecule has 2 aromatic carbocycles. The number of para-hydroxylation sites is 1. The molecule has 3 fully saturated rings. The van der Waals surface area contributed by atoms with E-state index in [2.05, 4.69) is 31.5 Å². The maximum Gasteiger partial charge on any atom is 0.418 e. The number of rotatable bonds is 5. The molecule has 1 atom stereocenters. The number of carbonyl (C=O) groups is 3. The lowest BCUT2D eigenvalue weighted by Crippen LogP contribution is -2.56. The van der Waals surface area contributed by atoms with Gasteiger partial charge in [0.05, 0.1) is 11.3 Å². The highest BCUT2D eigenvalue weighted by molar-refractivity contribution is 9.10. The van der Waals surface area contributed by atoms with Gasteiger partial charge in [-0.2, -0.15) is 13.2 Å². The second-order valence-electron chi connectivity index (χ2n) is 13.0. The van der Waals surface area contributed by atoms with Crippen LogP contribution in [0.1, 0.15) is 48.8 Å². The number of carbonyl (C=O) groups excluding carboxylic acids is 3. The lowest BCUT2D eigenvalue weighted by Gasteiger charge is -2.44. The fraction of sp³-hybridized carbons (Fsp3) is 0.545. The van der Waals surface area contributed by atoms with Crippen LogP contribution in [0.3, 0.4) is 0 Å². The van der Waals surface area contributed by atoms with Crippen molar-refractivity contribution in [2.24, 2.45) is 0 Å². The highest BCUT2D eigenvalue weighted by atomic mass is 79.9. The number of nitrogens with one attached hydrogen (secondary N) is 2. The molecule has 0 unspecified atom stereocenters. The molecule has 0 radical (unpaired) electrons. The molecule has 0 saturated carbocycles. The predicted molar refractivity (Wildman–Crippen MR) is 174 cm³/mol. The summed E-state index contributed by atoms with van der Waals surface area (Å²) in [6.07, 6.45) is -3.54. The van der Waals surface area contributed by atoms with Gasteiger partial charge in [0.1, 0.15) is 0 Å². The van der Waals surface area contributed by atoms with Crippen molar-refractivity contribution in [3.05, 3.63) is 57.6 Å². The Balaban J connectivity index is 1.18. The third kappa shape index (κ3) is 7.24. The largest absolute Gasteiger partial charge is 0.436 e. The van der Waals surface area contributed by atoms with Gasteiger partial charge in [-0.3, -0.25) is 14.5 Å². The Labute approximate surface area is 280 Å². The fourth-order valence-electron chi connectivity index (χ4n) is 7.51. The highest BCUT2D eigenvalue weighted by Gasteiger charge is 2.44. The van der Waals surface area contributed by atoms with Crippen molar-refractivity contribution in [1.29, 1.82) is 0 Å². The van der Waals surface area contributed by atoms with Gasteiger partial charge in [0, 0.05) is 73.7 Å². The molecular formula is C33H40BrF3N6O4. The van der Waals surface area contributed by atoms with E-state index in [9.17, 15) is 27.6 Å². The van der Waals surface area contributed by atoms with E-state index >= 15 is 0 Å². The van der Waals surface area contributed by atoms with E-state index < -0.39 is 40.9 Å². The highest BCUT2D eigenvalue weighted by Crippen LogP contribution is 2.45. The Morgan fingerprint density at radius 3 is 2.38 bits per heavy atom. The third-order valence-corrected chi connectivity index (χ3v) is 10.8. The van der Waals surface area contributed by atoms with Gasteiger partial charge in [0.15, 0.2) is 6.10 Å². The second-order valence-corrected chi connectivity index (χ2v) is 13.8. The number of amides is 3. The normalized spacial score (nSPS) is 21.2. The van der Waals surface area contributed by atoms with Crippen LogP contribution in [0, 0.1) is 0 Å². The minimum absolute atomic E-state index is 0.0496. The summed E-state index contributed by atoms with van der Waals surface area (Å²) in [6, 6.07) is 10.5. The van der Waals surface area contributed by atoms with E-state index in [0.29, 0.717) is 64.6 Å². The molecule has 3 amide bonds. The molecule has 4 aliphatic heterocycles. The van der Waals surface area contributed by atoms with Crippen molar-refractivity contribution in [3.8, 4) is 0 Å². The smallest absolute Gasteiger partial charge is 0.418 e. The van der Waals surface area contributed by atoms with Crippen molar-refractivity contribution in [2.75, 3.05) is 63.4 Å². The van der Waals surface area contributed by atoms with Crippen molar-refractivity contribution < 1.29 is 32.3 Å². The molecule has 0 aromatic heterocycles. The Kier molecular flexibility index (Phi) is 9.73. The first-order valence-corrected chi connectivity index (χ1v) is 17.0. The van der Waals surface area contributed by atoms with E-state index in [0.717, 1.165) is 43.2 Å². The van der Waals surface area contributed by atoms with E-state index in [1.807, 2.05) is 24.3 Å². The van der Waals surface area contributed by atoms with Crippen LogP contribution in [-0.4, -0.2) is 97.1 Å². The Morgan fingerprint density at radius 1 is 1.02 bits per heavy atom. The number of halogens is 4. The number of alkyl halides is 3. The topological polar surface area (TPSA) is 120 Å². The zero-order valence-corrected chi connectivity index (χ0v) is 27.7. The second kappa shape index (κ2) is 13.6. The minimum atomic E-state index is -4.71. The Morgan fingerprint density at radius 2 is 1.70 bits per heavy atom. The van der Waals surface area contributed by atoms with E-state index in [1.165, 1.54) is 11.0 Å². The summed E-state index contributed by atoms with van der Waals surface area (Å²) in [5.41, 5.74) is 5.83. The van der Waals surface area contributed by atoms with Gasteiger partial charge in [-0.25, -0.2) is 4.79 Å². The van der Waals surface area contributed by atoms with Crippen molar-refractivity contribution in [2.45, 2.75) is 62.3 Å². The van der Waals surface area contributed by atoms with Gasteiger partial charge in [0.25, 0.3) is 5.91 Å². The number of nitrogens with zero attached hydrogens (tertiary/aromatic N) is 3. The van der Waals surface area contributed by atoms with Crippen LogP contribution in [0.2, 0.25) is 0 Å². The molecular weight excluding hydrogens is 681 g/mol. The van der Waals surface area contributed by atoms with Crippen LogP contribution in [0.25, 0.3) is 0 Å². The summed E-state index contributed by atoms with van der Waals surface area (Å²) in [4.78, 5) is 45.7. The number of likely N-dealkylation sites (tertiary alicyclic amines) is 1. The number of fused-ring (bicyclic) bond motifs is 2. The average Bonchev–Trinajstić information content (AvgIpc) is 3.06. The molecule has 4 heterocycles. The Bertz CT molecular complexity index is 1500. The predicted octanol–water partition coefficient (Wildman–Crippen LogP) is 4.37. The molecule has 0 aliphatic carbocycles. The number of nitrogen functional groups attached to an aromatic ring is 1. The summed E-state index contributed by atoms with van der Waals surface area (Å²) in [7, 11) is 0. The molecule has 14 heteroatoms. The average molecular weight is 722 g/mol. The standard InChI is InChI=1S/C33H40BrF3N6O4/c34-25-18-21(17-24(29(25)38)33(35,36)37)19-27(30(45)42-15-13-41(14-16-42)22-5-9-39-10-6-22)47-31(46)43-11-7-32(8-12-43)20-28(44)40-26-4-2-1-3-23(26)32/h1-4,17-18,22,27,39H,5-16,19-20,38H2,(H,40,44)/t27-/m1/s1. The molecule has 0 bridgehead atoms. The van der Waals surface area contributed by atoms with Gasteiger partial charge in [-0.1, -0.05) is 18.2 Å². The van der Waals surface area contributed by atoms with Crippen molar-refractivity contribution in [3.63, 3.8) is 0 Å². The fourth-order valence-corrected chi connectivity index (χ4v) is 8.02. The number of piperazine rings is 1. The Hall–Kier alpha value is -3.36. The van der Waals surface area contributed by atoms with Gasteiger partial charge < -0.3 is 30.9 Å². The van der Waals surface area contributed by atoms with Crippen LogP contribution in [0.15, 0.2) is 40.9 Å². The molecule has 1 spiro atoms. The zero-order valence-electron chi connectivity index (χ0n) is 26.1. The number of anilines is 2. The first-order chi connectivity index (χ1) is 22.4. The first kappa shape index (κ1) is 33.5. The SMILES string of the molecule is Nc1c(Br)cc(C[C@@H](OC(=O)N2CCC3(CC2)CC(=O)Nc2ccccc23)C(=O)N2CCN(C3CCNCC3)CC2)cc1C(F)(F)F. The number of nitrogens with two attached hydrogens (primary N) is 1. The molecule has 4 aliphatic rings. The van der Waals surface area contributed by atoms with Gasteiger partial charge in [-0.15, -0.1) is 0 Å². The van der Waals surface area contributed by atoms with Crippen molar-refractivity contribution >= 4 is 45.2 Å². The van der Waals surface area contributed by atoms with Crippen molar-refractivity contribution in [1.82, 2.24) is 20.0 Å². The molecule has 47 heavy (non-hydrogen) atoms. The molecule has 4 N–H and O–H groups in total. The summed E-state index contributed by atoms with van der Waals surface area (Å²) in [5.74, 6) is -0.505. The van der Waals surface area contributed by atoms with Crippen LogP contribution in [-0.2, 0) is 32.3 Å². The number of hydrogen-bond donors (Lipinski definition) is 3. The van der Waals surface area contributed by atoms with Gasteiger partial charge in [-0.05, 0) is 84.0 Å². The van der Waals surface area contributed by atoms with Gasteiger partial charge >= 0.3 is 12.3 Å². The number of benzene rings is 2. The van der Waals surface area contributed by atoms with Crippen LogP contribution in [0.5, 0.6) is 0 Å². The van der Waals surface area contributed by atoms with E-state index in [1.54, 1.807) is 4.90 Å². The number of ether oxygens (including phenoxy) is 1. The number of piperidine rings is 2. The quantitative estimate of drug-likeness (QED) is 0.393. The van der Waals surface area contributed by atoms with E-state index in [-0.39, 0.29) is 22.4 Å². The maximum absolute atomic E-state index is 14.0. The first-order valence-electron chi connectivity index (χ1n) is 16.2. The maximum atomic E-state index is 14.0. The lowest BCUT2D eigenvalue weighted by atomic mass is 9.68. The monoisotopic (exact) mass is 720 g/mol. The number of hydrogen-bond acceptors (Lipinski definition) is 7. The lowest BCUT2D eigenvalue weighted by molar-refractivity contribution is -0.143. The van der Waals surface area contributed by atoms with Gasteiger partial charge in [0.2, 0.25) is 5.91 Å². The molecule has 2 aromatic rings.